The lowest BCUT2D eigenvalue weighted by atomic mass is 10.1. The van der Waals surface area contributed by atoms with E-state index in [1.54, 1.807) is 37.3 Å². The minimum absolute atomic E-state index is 0.287. The van der Waals surface area contributed by atoms with Crippen molar-refractivity contribution in [3.05, 3.63) is 58.6 Å². The number of hydrogen-bond donors (Lipinski definition) is 1. The molecule has 0 spiro atoms. The second-order valence-corrected chi connectivity index (χ2v) is 6.66. The van der Waals surface area contributed by atoms with Crippen molar-refractivity contribution in [3.8, 4) is 0 Å². The summed E-state index contributed by atoms with van der Waals surface area (Å²) >= 11 is 5.86. The summed E-state index contributed by atoms with van der Waals surface area (Å²) in [7, 11) is -3.59. The van der Waals surface area contributed by atoms with E-state index in [2.05, 4.69) is 4.72 Å². The van der Waals surface area contributed by atoms with Crippen molar-refractivity contribution in [2.75, 3.05) is 4.72 Å². The Morgan fingerprint density at radius 2 is 1.90 bits per heavy atom. The molecule has 0 atom stereocenters. The third-order valence-corrected chi connectivity index (χ3v) is 4.79. The number of anilines is 1. The average Bonchev–Trinajstić information content (AvgIpc) is 2.37. The second-order valence-electron chi connectivity index (χ2n) is 4.57. The molecule has 0 radical (unpaired) electrons. The third kappa shape index (κ3) is 3.32. The highest BCUT2D eigenvalue weighted by atomic mass is 35.5. The zero-order valence-corrected chi connectivity index (χ0v) is 12.9. The van der Waals surface area contributed by atoms with Crippen LogP contribution in [0.1, 0.15) is 18.1 Å². The van der Waals surface area contributed by atoms with Crippen LogP contribution in [0.3, 0.4) is 0 Å². The van der Waals surface area contributed by atoms with Gasteiger partial charge in [-0.2, -0.15) is 0 Å². The molecule has 0 unspecified atom stereocenters. The first kappa shape index (κ1) is 14.9. The lowest BCUT2D eigenvalue weighted by Gasteiger charge is -2.11. The van der Waals surface area contributed by atoms with Gasteiger partial charge in [0.15, 0.2) is 0 Å². The van der Waals surface area contributed by atoms with Crippen LogP contribution in [0.25, 0.3) is 0 Å². The normalized spacial score (nSPS) is 11.3. The smallest absolute Gasteiger partial charge is 0.262 e. The van der Waals surface area contributed by atoms with E-state index in [1.807, 2.05) is 19.1 Å². The molecule has 2 aromatic rings. The van der Waals surface area contributed by atoms with Gasteiger partial charge in [0, 0.05) is 5.02 Å². The van der Waals surface area contributed by atoms with Crippen LogP contribution in [0.2, 0.25) is 5.02 Å². The van der Waals surface area contributed by atoms with Crippen LogP contribution in [0.15, 0.2) is 47.4 Å². The Bertz CT molecular complexity index is 726. The van der Waals surface area contributed by atoms with Crippen molar-refractivity contribution in [2.45, 2.75) is 25.2 Å². The Hall–Kier alpha value is -1.52. The molecule has 0 saturated heterocycles. The molecule has 0 aliphatic heterocycles. The van der Waals surface area contributed by atoms with Gasteiger partial charge in [-0.05, 0) is 48.7 Å². The number of rotatable bonds is 4. The lowest BCUT2D eigenvalue weighted by molar-refractivity contribution is 0.600. The monoisotopic (exact) mass is 309 g/mol. The Morgan fingerprint density at radius 1 is 1.15 bits per heavy atom. The topological polar surface area (TPSA) is 46.2 Å². The first-order valence-electron chi connectivity index (χ1n) is 6.30. The molecule has 2 aromatic carbocycles. The molecule has 3 nitrogen and oxygen atoms in total. The molecule has 0 amide bonds. The van der Waals surface area contributed by atoms with Gasteiger partial charge in [0.2, 0.25) is 0 Å². The van der Waals surface area contributed by atoms with E-state index in [0.29, 0.717) is 10.7 Å². The highest BCUT2D eigenvalue weighted by Crippen LogP contribution is 2.22. The van der Waals surface area contributed by atoms with Crippen LogP contribution in [-0.2, 0) is 16.4 Å². The molecule has 0 aliphatic carbocycles. The van der Waals surface area contributed by atoms with Gasteiger partial charge in [-0.25, -0.2) is 8.42 Å². The molecule has 20 heavy (non-hydrogen) atoms. The maximum atomic E-state index is 12.4. The molecule has 106 valence electrons. The maximum Gasteiger partial charge on any atom is 0.262 e. The molecule has 1 N–H and O–H groups in total. The molecule has 0 heterocycles. The number of sulfonamides is 1. The van der Waals surface area contributed by atoms with E-state index in [0.717, 1.165) is 17.5 Å². The molecule has 0 aliphatic rings. The van der Waals surface area contributed by atoms with Crippen LogP contribution in [-0.4, -0.2) is 8.42 Å². The van der Waals surface area contributed by atoms with Gasteiger partial charge in [0.25, 0.3) is 10.0 Å². The minimum atomic E-state index is -3.59. The Morgan fingerprint density at radius 3 is 2.50 bits per heavy atom. The predicted octanol–water partition coefficient (Wildman–Crippen LogP) is 4.01. The van der Waals surface area contributed by atoms with Gasteiger partial charge >= 0.3 is 0 Å². The molecular formula is C15H16ClNO2S. The van der Waals surface area contributed by atoms with Gasteiger partial charge in [0.1, 0.15) is 0 Å². The Kier molecular flexibility index (Phi) is 4.35. The first-order chi connectivity index (χ1) is 9.42. The molecule has 2 rings (SSSR count). The highest BCUT2D eigenvalue weighted by molar-refractivity contribution is 7.92. The first-order valence-corrected chi connectivity index (χ1v) is 8.16. The van der Waals surface area contributed by atoms with Crippen molar-refractivity contribution < 1.29 is 8.42 Å². The van der Waals surface area contributed by atoms with Gasteiger partial charge in [-0.15, -0.1) is 0 Å². The van der Waals surface area contributed by atoms with Crippen LogP contribution in [0.4, 0.5) is 5.69 Å². The summed E-state index contributed by atoms with van der Waals surface area (Å²) in [6.45, 7) is 3.83. The summed E-state index contributed by atoms with van der Waals surface area (Å²) in [5, 5.41) is 0.489. The number of nitrogens with one attached hydrogen (secondary N) is 1. The summed E-state index contributed by atoms with van der Waals surface area (Å²) in [5.41, 5.74) is 2.31. The zero-order chi connectivity index (χ0) is 14.8. The van der Waals surface area contributed by atoms with Crippen molar-refractivity contribution >= 4 is 27.3 Å². The second kappa shape index (κ2) is 5.85. The van der Waals surface area contributed by atoms with Crippen molar-refractivity contribution in [1.82, 2.24) is 0 Å². The van der Waals surface area contributed by atoms with Gasteiger partial charge < -0.3 is 0 Å². The van der Waals surface area contributed by atoms with Gasteiger partial charge in [-0.1, -0.05) is 36.7 Å². The lowest BCUT2D eigenvalue weighted by Crippen LogP contribution is -2.14. The molecule has 0 fully saturated rings. The van der Waals surface area contributed by atoms with Gasteiger partial charge in [-0.3, -0.25) is 4.72 Å². The van der Waals surface area contributed by atoms with Gasteiger partial charge in [0.05, 0.1) is 10.6 Å². The largest absolute Gasteiger partial charge is 0.280 e. The summed E-state index contributed by atoms with van der Waals surface area (Å²) in [6, 6.07) is 12.0. The summed E-state index contributed by atoms with van der Waals surface area (Å²) in [5.74, 6) is 0. The number of hydrogen-bond acceptors (Lipinski definition) is 2. The molecule has 5 heteroatoms. The molecule has 0 aromatic heterocycles. The number of halogens is 1. The standard InChI is InChI=1S/C15H16ClNO2S/c1-3-12-7-8-15(11(2)9-12)20(18,19)17-14-6-4-5-13(16)10-14/h4-10,17H,3H2,1-2H3. The third-order valence-electron chi connectivity index (χ3n) is 3.01. The maximum absolute atomic E-state index is 12.4. The van der Waals surface area contributed by atoms with E-state index in [4.69, 9.17) is 11.6 Å². The summed E-state index contributed by atoms with van der Waals surface area (Å²) in [6.07, 6.45) is 0.878. The summed E-state index contributed by atoms with van der Waals surface area (Å²) < 4.78 is 27.3. The average molecular weight is 310 g/mol. The van der Waals surface area contributed by atoms with Crippen LogP contribution < -0.4 is 4.72 Å². The van der Waals surface area contributed by atoms with Crippen molar-refractivity contribution in [3.63, 3.8) is 0 Å². The minimum Gasteiger partial charge on any atom is -0.280 e. The van der Waals surface area contributed by atoms with Crippen LogP contribution >= 0.6 is 11.6 Å². The summed E-state index contributed by atoms with van der Waals surface area (Å²) in [4.78, 5) is 0.287. The molecular weight excluding hydrogens is 294 g/mol. The highest BCUT2D eigenvalue weighted by Gasteiger charge is 2.17. The predicted molar refractivity (Wildman–Crippen MR) is 82.8 cm³/mol. The Balaban J connectivity index is 2.36. The fraction of sp³-hybridized carbons (Fsp3) is 0.200. The SMILES string of the molecule is CCc1ccc(S(=O)(=O)Nc2cccc(Cl)c2)c(C)c1. The number of benzene rings is 2. The van der Waals surface area contributed by atoms with E-state index >= 15 is 0 Å². The Labute approximate surface area is 124 Å². The number of aryl methyl sites for hydroxylation is 2. The van der Waals surface area contributed by atoms with E-state index in [-0.39, 0.29) is 4.90 Å². The quantitative estimate of drug-likeness (QED) is 0.927. The van der Waals surface area contributed by atoms with E-state index in [1.165, 1.54) is 0 Å². The van der Waals surface area contributed by atoms with E-state index < -0.39 is 10.0 Å². The van der Waals surface area contributed by atoms with Crippen molar-refractivity contribution in [1.29, 1.82) is 0 Å². The fourth-order valence-electron chi connectivity index (χ4n) is 2.00. The van der Waals surface area contributed by atoms with Crippen molar-refractivity contribution in [2.24, 2.45) is 0 Å². The molecule has 0 bridgehead atoms. The van der Waals surface area contributed by atoms with Crippen LogP contribution in [0.5, 0.6) is 0 Å². The van der Waals surface area contributed by atoms with Crippen LogP contribution in [0, 0.1) is 6.92 Å². The molecule has 0 saturated carbocycles. The fourth-order valence-corrected chi connectivity index (χ4v) is 3.46. The van der Waals surface area contributed by atoms with E-state index in [9.17, 15) is 8.42 Å². The zero-order valence-electron chi connectivity index (χ0n) is 11.4.